The van der Waals surface area contributed by atoms with Crippen molar-refractivity contribution in [3.8, 4) is 0 Å². The van der Waals surface area contributed by atoms with Crippen LogP contribution in [0.1, 0.15) is 33.6 Å². The Hall–Kier alpha value is -0.130. The van der Waals surface area contributed by atoms with Gasteiger partial charge in [-0.2, -0.15) is 0 Å². The van der Waals surface area contributed by atoms with E-state index in [1.807, 2.05) is 6.92 Å². The van der Waals surface area contributed by atoms with E-state index in [2.05, 4.69) is 24.1 Å². The third-order valence-electron chi connectivity index (χ3n) is 3.85. The van der Waals surface area contributed by atoms with Crippen molar-refractivity contribution in [3.05, 3.63) is 0 Å². The van der Waals surface area contributed by atoms with Crippen molar-refractivity contribution in [2.45, 2.75) is 39.7 Å². The highest BCUT2D eigenvalue weighted by atomic mass is 32.2. The second-order valence-electron chi connectivity index (χ2n) is 5.40. The van der Waals surface area contributed by atoms with Gasteiger partial charge < -0.3 is 5.32 Å². The summed E-state index contributed by atoms with van der Waals surface area (Å²) in [4.78, 5) is 2.29. The Morgan fingerprint density at radius 3 is 2.67 bits per heavy atom. The van der Waals surface area contributed by atoms with E-state index in [-0.39, 0.29) is 0 Å². The molecule has 0 spiro atoms. The zero-order valence-electron chi connectivity index (χ0n) is 12.0. The summed E-state index contributed by atoms with van der Waals surface area (Å²) in [5.41, 5.74) is 0. The van der Waals surface area contributed by atoms with Crippen LogP contribution in [0.15, 0.2) is 0 Å². The van der Waals surface area contributed by atoms with E-state index in [9.17, 15) is 8.42 Å². The van der Waals surface area contributed by atoms with Gasteiger partial charge in [0.1, 0.15) is 0 Å². The molecule has 0 aliphatic carbocycles. The van der Waals surface area contributed by atoms with E-state index in [0.717, 1.165) is 26.1 Å². The summed E-state index contributed by atoms with van der Waals surface area (Å²) in [6.45, 7) is 10.00. The zero-order chi connectivity index (χ0) is 13.6. The maximum absolute atomic E-state index is 11.7. The molecule has 1 aliphatic heterocycles. The van der Waals surface area contributed by atoms with E-state index >= 15 is 0 Å². The minimum absolute atomic E-state index is 0.314. The van der Waals surface area contributed by atoms with Crippen LogP contribution in [0.2, 0.25) is 0 Å². The Morgan fingerprint density at radius 2 is 2.06 bits per heavy atom. The molecule has 1 heterocycles. The molecule has 1 fully saturated rings. The van der Waals surface area contributed by atoms with Crippen molar-refractivity contribution >= 4 is 9.84 Å². The Morgan fingerprint density at radius 1 is 1.33 bits per heavy atom. The van der Waals surface area contributed by atoms with Crippen molar-refractivity contribution in [2.75, 3.05) is 37.7 Å². The van der Waals surface area contributed by atoms with Gasteiger partial charge in [0.2, 0.25) is 0 Å². The lowest BCUT2D eigenvalue weighted by molar-refractivity contribution is 0.176. The number of rotatable bonds is 7. The minimum Gasteiger partial charge on any atom is -0.311 e. The van der Waals surface area contributed by atoms with Crippen LogP contribution in [-0.2, 0) is 9.84 Å². The molecule has 2 unspecified atom stereocenters. The molecule has 1 N–H and O–H groups in total. The molecule has 1 aliphatic rings. The highest BCUT2D eigenvalue weighted by Crippen LogP contribution is 2.12. The van der Waals surface area contributed by atoms with Gasteiger partial charge in [0.25, 0.3) is 0 Å². The van der Waals surface area contributed by atoms with E-state index in [1.54, 1.807) is 0 Å². The number of sulfone groups is 1. The average molecular weight is 276 g/mol. The maximum atomic E-state index is 11.7. The molecule has 1 saturated heterocycles. The van der Waals surface area contributed by atoms with E-state index in [1.165, 1.54) is 6.42 Å². The second kappa shape index (κ2) is 7.46. The zero-order valence-corrected chi connectivity index (χ0v) is 12.8. The summed E-state index contributed by atoms with van der Waals surface area (Å²) in [6, 6.07) is 0.512. The summed E-state index contributed by atoms with van der Waals surface area (Å²) in [5.74, 6) is 1.29. The van der Waals surface area contributed by atoms with Gasteiger partial charge in [0, 0.05) is 38.0 Å². The molecular weight excluding hydrogens is 248 g/mol. The molecule has 0 aromatic heterocycles. The molecular formula is C13H28N2O2S. The van der Waals surface area contributed by atoms with Gasteiger partial charge in [-0.15, -0.1) is 0 Å². The average Bonchev–Trinajstić information content (AvgIpc) is 2.36. The Labute approximate surface area is 112 Å². The minimum atomic E-state index is -2.84. The largest absolute Gasteiger partial charge is 0.311 e. The van der Waals surface area contributed by atoms with Crippen LogP contribution < -0.4 is 5.32 Å². The fraction of sp³-hybridized carbons (Fsp3) is 1.00. The van der Waals surface area contributed by atoms with E-state index in [4.69, 9.17) is 0 Å². The van der Waals surface area contributed by atoms with Gasteiger partial charge in [0.05, 0.1) is 5.75 Å². The topological polar surface area (TPSA) is 49.4 Å². The second-order valence-corrected chi connectivity index (χ2v) is 7.70. The maximum Gasteiger partial charge on any atom is 0.151 e. The molecule has 0 aromatic carbocycles. The quantitative estimate of drug-likeness (QED) is 0.757. The molecule has 5 heteroatoms. The standard InChI is InChI=1S/C13H28N2O2S/c1-4-9-18(16,17)10-8-15-7-6-14-13(11-15)12(3)5-2/h12-14H,4-11H2,1-3H3. The van der Waals surface area contributed by atoms with Crippen molar-refractivity contribution < 1.29 is 8.42 Å². The SMILES string of the molecule is CCCS(=O)(=O)CCN1CCNC(C(C)CC)C1. The Bertz CT molecular complexity index is 330. The summed E-state index contributed by atoms with van der Waals surface area (Å²) >= 11 is 0. The highest BCUT2D eigenvalue weighted by molar-refractivity contribution is 7.91. The highest BCUT2D eigenvalue weighted by Gasteiger charge is 2.23. The lowest BCUT2D eigenvalue weighted by Crippen LogP contribution is -2.54. The molecule has 4 nitrogen and oxygen atoms in total. The first-order chi connectivity index (χ1) is 8.48. The lowest BCUT2D eigenvalue weighted by Gasteiger charge is -2.36. The van der Waals surface area contributed by atoms with Gasteiger partial charge in [0.15, 0.2) is 9.84 Å². The van der Waals surface area contributed by atoms with Crippen molar-refractivity contribution in [3.63, 3.8) is 0 Å². The molecule has 0 amide bonds. The van der Waals surface area contributed by atoms with Crippen LogP contribution in [0.25, 0.3) is 0 Å². The van der Waals surface area contributed by atoms with Crippen molar-refractivity contribution in [1.82, 2.24) is 10.2 Å². The predicted octanol–water partition coefficient (Wildman–Crippen LogP) is 1.13. The fourth-order valence-electron chi connectivity index (χ4n) is 2.39. The molecule has 0 radical (unpaired) electrons. The van der Waals surface area contributed by atoms with Crippen molar-refractivity contribution in [1.29, 1.82) is 0 Å². The summed E-state index contributed by atoms with van der Waals surface area (Å²) in [7, 11) is -2.84. The van der Waals surface area contributed by atoms with Gasteiger partial charge in [-0.05, 0) is 12.3 Å². The first-order valence-corrected chi connectivity index (χ1v) is 8.96. The first-order valence-electron chi connectivity index (χ1n) is 7.14. The molecule has 0 bridgehead atoms. The normalized spacial score (nSPS) is 24.1. The molecule has 18 heavy (non-hydrogen) atoms. The smallest absolute Gasteiger partial charge is 0.151 e. The van der Waals surface area contributed by atoms with Crippen LogP contribution in [-0.4, -0.2) is 57.0 Å². The lowest BCUT2D eigenvalue weighted by atomic mass is 9.97. The molecule has 108 valence electrons. The summed E-state index contributed by atoms with van der Waals surface area (Å²) in [6.07, 6.45) is 1.89. The molecule has 1 rings (SSSR count). The van der Waals surface area contributed by atoms with Crippen LogP contribution in [0.3, 0.4) is 0 Å². The third kappa shape index (κ3) is 5.24. The molecule has 2 atom stereocenters. The Kier molecular flexibility index (Phi) is 6.60. The number of piperazine rings is 1. The van der Waals surface area contributed by atoms with Crippen molar-refractivity contribution in [2.24, 2.45) is 5.92 Å². The van der Waals surface area contributed by atoms with Gasteiger partial charge >= 0.3 is 0 Å². The summed E-state index contributed by atoms with van der Waals surface area (Å²) in [5, 5.41) is 3.53. The number of hydrogen-bond donors (Lipinski definition) is 1. The number of nitrogens with zero attached hydrogens (tertiary/aromatic N) is 1. The van der Waals surface area contributed by atoms with Crippen LogP contribution >= 0.6 is 0 Å². The van der Waals surface area contributed by atoms with Gasteiger partial charge in [-0.25, -0.2) is 8.42 Å². The third-order valence-corrected chi connectivity index (χ3v) is 5.69. The first kappa shape index (κ1) is 15.9. The monoisotopic (exact) mass is 276 g/mol. The predicted molar refractivity (Wildman–Crippen MR) is 76.6 cm³/mol. The number of hydrogen-bond acceptors (Lipinski definition) is 4. The van der Waals surface area contributed by atoms with Crippen LogP contribution in [0, 0.1) is 5.92 Å². The molecule has 0 saturated carbocycles. The van der Waals surface area contributed by atoms with Gasteiger partial charge in [-0.3, -0.25) is 4.90 Å². The van der Waals surface area contributed by atoms with E-state index < -0.39 is 9.84 Å². The number of nitrogens with one attached hydrogen (secondary N) is 1. The van der Waals surface area contributed by atoms with Crippen LogP contribution in [0.5, 0.6) is 0 Å². The molecule has 0 aromatic rings. The van der Waals surface area contributed by atoms with Crippen LogP contribution in [0.4, 0.5) is 0 Å². The summed E-state index contributed by atoms with van der Waals surface area (Å²) < 4.78 is 23.4. The van der Waals surface area contributed by atoms with Gasteiger partial charge in [-0.1, -0.05) is 27.2 Å². The fourth-order valence-corrected chi connectivity index (χ4v) is 3.75. The Balaban J connectivity index is 2.39. The van der Waals surface area contributed by atoms with E-state index in [0.29, 0.717) is 30.0 Å².